The molecular formula is C35H46ClN9O13. The van der Waals surface area contributed by atoms with Crippen molar-refractivity contribution in [1.29, 1.82) is 0 Å². The van der Waals surface area contributed by atoms with Crippen molar-refractivity contribution in [3.05, 3.63) is 70.8 Å². The highest BCUT2D eigenvalue weighted by Gasteiger charge is 2.26. The Morgan fingerprint density at radius 3 is 2.14 bits per heavy atom. The third-order valence-electron chi connectivity index (χ3n) is 8.23. The largest absolute Gasteiger partial charge is 0.508 e. The van der Waals surface area contributed by atoms with Gasteiger partial charge < -0.3 is 28.8 Å². The molecule has 0 fully saturated rings. The van der Waals surface area contributed by atoms with E-state index in [0.717, 1.165) is 35.1 Å². The predicted octanol–water partition coefficient (Wildman–Crippen LogP) is 4.65. The molecule has 0 radical (unpaired) electrons. The third-order valence-corrected chi connectivity index (χ3v) is 8.53. The van der Waals surface area contributed by atoms with Gasteiger partial charge in [-0.15, -0.1) is 5.10 Å². The van der Waals surface area contributed by atoms with Crippen LogP contribution in [0.5, 0.6) is 0 Å². The van der Waals surface area contributed by atoms with Crippen LogP contribution < -0.4 is 5.32 Å². The number of aryl methyl sites for hydroxylation is 1. The van der Waals surface area contributed by atoms with Gasteiger partial charge in [-0.2, -0.15) is 0 Å². The van der Waals surface area contributed by atoms with Crippen molar-refractivity contribution in [2.75, 3.05) is 33.0 Å². The van der Waals surface area contributed by atoms with Crippen LogP contribution in [0.1, 0.15) is 62.5 Å². The molecule has 0 bridgehead atoms. The highest BCUT2D eigenvalue weighted by Crippen LogP contribution is 2.30. The lowest BCUT2D eigenvalue weighted by Crippen LogP contribution is -2.45. The van der Waals surface area contributed by atoms with E-state index in [4.69, 9.17) is 51.4 Å². The molecule has 0 aliphatic carbocycles. The van der Waals surface area contributed by atoms with Crippen LogP contribution in [0.4, 0.5) is 9.59 Å². The Labute approximate surface area is 336 Å². The van der Waals surface area contributed by atoms with Crippen molar-refractivity contribution in [3.63, 3.8) is 0 Å². The highest BCUT2D eigenvalue weighted by molar-refractivity contribution is 6.30. The van der Waals surface area contributed by atoms with Gasteiger partial charge >= 0.3 is 18.2 Å². The first-order valence-electron chi connectivity index (χ1n) is 18.2. The van der Waals surface area contributed by atoms with Gasteiger partial charge in [0, 0.05) is 18.5 Å². The lowest BCUT2D eigenvalue weighted by Gasteiger charge is -2.18. The summed E-state index contributed by atoms with van der Waals surface area (Å²) in [5.74, 6) is 0.274. The Bertz CT molecular complexity index is 1850. The second kappa shape index (κ2) is 24.5. The number of aromatic amines is 1. The van der Waals surface area contributed by atoms with Crippen LogP contribution in [0.15, 0.2) is 48.5 Å². The number of carbonyl (C=O) groups excluding carboxylic acids is 3. The molecule has 2 aromatic carbocycles. The van der Waals surface area contributed by atoms with Gasteiger partial charge in [-0.05, 0) is 59.2 Å². The molecule has 4 aromatic rings. The molecule has 1 unspecified atom stereocenters. The molecular weight excluding hydrogens is 790 g/mol. The molecule has 316 valence electrons. The van der Waals surface area contributed by atoms with Crippen LogP contribution in [0.25, 0.3) is 22.5 Å². The normalized spacial score (nSPS) is 11.8. The Kier molecular flexibility index (Phi) is 19.2. The number of nitrogens with zero attached hydrogens (tertiary/aromatic N) is 7. The highest BCUT2D eigenvalue weighted by atomic mass is 35.5. The zero-order valence-corrected chi connectivity index (χ0v) is 32.3. The number of hydrogen-bond acceptors (Lipinski definition) is 19. The molecule has 2 aromatic heterocycles. The smallest absolute Gasteiger partial charge is 0.464 e. The standard InChI is InChI=1S/C35H46ClN9O13/c1-2-3-12-30-38-31(36)29(43(30)21-24-13-15-25(16-14-24)26-10-4-5-11-27(26)32-39-41-42-40-32)23-55-34(47)37-28(33(46)53-17-6-8-19-57-44(49)50)22-56-35(48)54-18-7-9-20-58-45(51)52/h4-5,10-11,13-16,28,49-52H,2-3,6-9,12,17-23H2,1H3,(H,37,47)(H,39,40,41,42). The fourth-order valence-corrected chi connectivity index (χ4v) is 5.61. The van der Waals surface area contributed by atoms with E-state index in [2.05, 4.69) is 47.5 Å². The number of halogens is 1. The van der Waals surface area contributed by atoms with Crippen molar-refractivity contribution in [2.45, 2.75) is 71.1 Å². The molecule has 0 aliphatic rings. The van der Waals surface area contributed by atoms with Crippen LogP contribution in [-0.4, -0.2) is 119 Å². The third kappa shape index (κ3) is 15.2. The molecule has 1 amide bonds. The molecule has 0 aliphatic heterocycles. The topological polar surface area (TPSA) is 278 Å². The number of H-pyrrole nitrogens is 1. The molecule has 4 rings (SSSR count). The van der Waals surface area contributed by atoms with E-state index >= 15 is 0 Å². The number of imidazole rings is 1. The number of benzene rings is 2. The average molecular weight is 836 g/mol. The fraction of sp³-hybridized carbons (Fsp3) is 0.457. The maximum atomic E-state index is 13.1. The number of tetrazole rings is 1. The van der Waals surface area contributed by atoms with E-state index in [-0.39, 0.29) is 57.4 Å². The Balaban J connectivity index is 1.40. The zero-order valence-electron chi connectivity index (χ0n) is 31.6. The number of nitrogens with one attached hydrogen (secondary N) is 2. The molecule has 0 saturated carbocycles. The Morgan fingerprint density at radius 1 is 0.845 bits per heavy atom. The van der Waals surface area contributed by atoms with E-state index in [1.807, 2.05) is 53.1 Å². The molecule has 1 atom stereocenters. The molecule has 6 N–H and O–H groups in total. The van der Waals surface area contributed by atoms with Gasteiger partial charge in [-0.1, -0.05) is 73.5 Å². The summed E-state index contributed by atoms with van der Waals surface area (Å²) in [6.45, 7) is 1.00. The van der Waals surface area contributed by atoms with Gasteiger partial charge in [0.1, 0.15) is 19.0 Å². The summed E-state index contributed by atoms with van der Waals surface area (Å²) >= 11 is 6.61. The molecule has 2 heterocycles. The number of alkyl carbamates (subject to hydrolysis) is 1. The minimum Gasteiger partial charge on any atom is -0.464 e. The lowest BCUT2D eigenvalue weighted by molar-refractivity contribution is -0.492. The second-order valence-electron chi connectivity index (χ2n) is 12.4. The van der Waals surface area contributed by atoms with Gasteiger partial charge in [-0.3, -0.25) is 30.5 Å². The summed E-state index contributed by atoms with van der Waals surface area (Å²) in [5, 5.41) is 50.2. The maximum Gasteiger partial charge on any atom is 0.508 e. The molecule has 23 heteroatoms. The number of carbonyl (C=O) groups is 3. The number of amides is 1. The number of hydrogen-bond donors (Lipinski definition) is 6. The van der Waals surface area contributed by atoms with E-state index in [9.17, 15) is 14.4 Å². The van der Waals surface area contributed by atoms with Crippen molar-refractivity contribution >= 4 is 29.8 Å². The van der Waals surface area contributed by atoms with Crippen molar-refractivity contribution in [2.24, 2.45) is 0 Å². The zero-order chi connectivity index (χ0) is 41.7. The minimum atomic E-state index is -1.51. The summed E-state index contributed by atoms with van der Waals surface area (Å²) in [4.78, 5) is 51.7. The quantitative estimate of drug-likeness (QED) is 0.0229. The van der Waals surface area contributed by atoms with Gasteiger partial charge in [0.15, 0.2) is 17.0 Å². The van der Waals surface area contributed by atoms with Crippen LogP contribution >= 0.6 is 11.6 Å². The summed E-state index contributed by atoms with van der Waals surface area (Å²) in [5.41, 5.74) is 4.04. The van der Waals surface area contributed by atoms with Gasteiger partial charge in [-0.25, -0.2) is 24.5 Å². The van der Waals surface area contributed by atoms with Crippen molar-refractivity contribution in [1.82, 2.24) is 46.3 Å². The number of unbranched alkanes of at least 4 members (excludes halogenated alkanes) is 3. The summed E-state index contributed by atoms with van der Waals surface area (Å²) in [6, 6.07) is 14.1. The number of aromatic nitrogens is 6. The molecule has 0 spiro atoms. The van der Waals surface area contributed by atoms with Crippen LogP contribution in [0.3, 0.4) is 0 Å². The van der Waals surface area contributed by atoms with E-state index in [1.165, 1.54) is 0 Å². The Hall–Kier alpha value is -5.30. The lowest BCUT2D eigenvalue weighted by atomic mass is 9.98. The van der Waals surface area contributed by atoms with Crippen LogP contribution in [0.2, 0.25) is 5.15 Å². The predicted molar refractivity (Wildman–Crippen MR) is 197 cm³/mol. The van der Waals surface area contributed by atoms with E-state index in [0.29, 0.717) is 36.7 Å². The average Bonchev–Trinajstić information content (AvgIpc) is 3.85. The Morgan fingerprint density at radius 2 is 1.50 bits per heavy atom. The first-order chi connectivity index (χ1) is 28.0. The van der Waals surface area contributed by atoms with E-state index in [1.54, 1.807) is 0 Å². The SMILES string of the molecule is CCCCc1nc(Cl)c(COC(=O)NC(COC(=O)OCCCCON(O)O)C(=O)OCCCCON(O)O)n1Cc1ccc(-c2ccccc2-c2nnn[nH]2)cc1. The van der Waals surface area contributed by atoms with Crippen LogP contribution in [-0.2, 0) is 53.0 Å². The van der Waals surface area contributed by atoms with Crippen molar-refractivity contribution < 1.29 is 63.8 Å². The first-order valence-corrected chi connectivity index (χ1v) is 18.6. The second-order valence-corrected chi connectivity index (χ2v) is 12.7. The maximum absolute atomic E-state index is 13.1. The monoisotopic (exact) mass is 835 g/mol. The van der Waals surface area contributed by atoms with Gasteiger partial charge in [0.05, 0.1) is 42.9 Å². The molecule has 58 heavy (non-hydrogen) atoms. The van der Waals surface area contributed by atoms with Gasteiger partial charge in [0.25, 0.3) is 0 Å². The summed E-state index contributed by atoms with van der Waals surface area (Å²) in [6.07, 6.45) is 1.29. The van der Waals surface area contributed by atoms with E-state index < -0.39 is 41.6 Å². The van der Waals surface area contributed by atoms with Crippen LogP contribution in [0, 0.1) is 0 Å². The minimum absolute atomic E-state index is 0.0607. The van der Waals surface area contributed by atoms with Crippen molar-refractivity contribution in [3.8, 4) is 22.5 Å². The summed E-state index contributed by atoms with van der Waals surface area (Å²) in [7, 11) is 0. The fourth-order valence-electron chi connectivity index (χ4n) is 5.35. The number of rotatable bonds is 25. The molecule has 22 nitrogen and oxygen atoms in total. The summed E-state index contributed by atoms with van der Waals surface area (Å²) < 4.78 is 22.6. The van der Waals surface area contributed by atoms with Gasteiger partial charge in [0.2, 0.25) is 0 Å². The number of esters is 1. The first kappa shape index (κ1) is 45.4. The molecule has 0 saturated heterocycles. The number of ether oxygens (including phenoxy) is 4.